The Hall–Kier alpha value is -1.36. The second kappa shape index (κ2) is 5.56. The predicted octanol–water partition coefficient (Wildman–Crippen LogP) is 2.31. The van der Waals surface area contributed by atoms with Gasteiger partial charge in [-0.15, -0.1) is 0 Å². The highest BCUT2D eigenvalue weighted by Crippen LogP contribution is 2.23. The van der Waals surface area contributed by atoms with E-state index in [2.05, 4.69) is 15.3 Å². The number of halogens is 2. The summed E-state index contributed by atoms with van der Waals surface area (Å²) >= 11 is 11.9. The molecular formula is C14H13Cl2N3O. The van der Waals surface area contributed by atoms with Gasteiger partial charge in [0.1, 0.15) is 5.82 Å². The van der Waals surface area contributed by atoms with E-state index in [4.69, 9.17) is 23.2 Å². The molecule has 104 valence electrons. The molecule has 0 unspecified atom stereocenters. The van der Waals surface area contributed by atoms with Crippen LogP contribution in [-0.2, 0) is 19.4 Å². The number of nitrogens with one attached hydrogen (secondary N) is 2. The second-order valence-corrected chi connectivity index (χ2v) is 5.60. The molecule has 0 amide bonds. The number of aromatic amines is 1. The third-order valence-electron chi connectivity index (χ3n) is 3.35. The Balaban J connectivity index is 1.93. The van der Waals surface area contributed by atoms with Crippen LogP contribution in [0.4, 0.5) is 0 Å². The average Bonchev–Trinajstić information content (AvgIpc) is 2.43. The number of hydrogen-bond acceptors (Lipinski definition) is 3. The van der Waals surface area contributed by atoms with Crippen LogP contribution < -0.4 is 10.9 Å². The molecule has 0 atom stereocenters. The van der Waals surface area contributed by atoms with Crippen LogP contribution in [0, 0.1) is 0 Å². The molecule has 0 saturated carbocycles. The van der Waals surface area contributed by atoms with Gasteiger partial charge in [0.25, 0.3) is 5.56 Å². The number of rotatable bonds is 2. The van der Waals surface area contributed by atoms with Gasteiger partial charge in [-0.3, -0.25) is 4.79 Å². The number of H-pyrrole nitrogens is 1. The van der Waals surface area contributed by atoms with Crippen LogP contribution in [0.15, 0.2) is 23.0 Å². The fourth-order valence-corrected chi connectivity index (χ4v) is 2.67. The summed E-state index contributed by atoms with van der Waals surface area (Å²) in [5.41, 5.74) is 2.56. The van der Waals surface area contributed by atoms with Crippen LogP contribution in [0.3, 0.4) is 0 Å². The summed E-state index contributed by atoms with van der Waals surface area (Å²) in [6, 6.07) is 5.42. The molecule has 0 bridgehead atoms. The highest BCUT2D eigenvalue weighted by atomic mass is 35.5. The highest BCUT2D eigenvalue weighted by molar-refractivity contribution is 6.42. The first kappa shape index (κ1) is 13.6. The van der Waals surface area contributed by atoms with Gasteiger partial charge < -0.3 is 10.3 Å². The molecule has 1 aromatic carbocycles. The van der Waals surface area contributed by atoms with Gasteiger partial charge in [-0.25, -0.2) is 4.98 Å². The zero-order valence-corrected chi connectivity index (χ0v) is 12.2. The van der Waals surface area contributed by atoms with E-state index in [1.54, 1.807) is 12.1 Å². The van der Waals surface area contributed by atoms with E-state index in [-0.39, 0.29) is 5.56 Å². The van der Waals surface area contributed by atoms with Gasteiger partial charge in [-0.05, 0) is 30.7 Å². The first-order valence-corrected chi connectivity index (χ1v) is 7.14. The molecule has 2 aromatic rings. The molecule has 6 heteroatoms. The lowest BCUT2D eigenvalue weighted by Crippen LogP contribution is -2.31. The summed E-state index contributed by atoms with van der Waals surface area (Å²) in [6.45, 7) is 1.47. The highest BCUT2D eigenvalue weighted by Gasteiger charge is 2.15. The lowest BCUT2D eigenvalue weighted by molar-refractivity contribution is 0.613. The van der Waals surface area contributed by atoms with Gasteiger partial charge >= 0.3 is 0 Å². The van der Waals surface area contributed by atoms with Gasteiger partial charge in [0, 0.05) is 18.5 Å². The maximum absolute atomic E-state index is 12.0. The van der Waals surface area contributed by atoms with Crippen molar-refractivity contribution in [2.45, 2.75) is 19.4 Å². The molecule has 0 radical (unpaired) electrons. The maximum atomic E-state index is 12.0. The van der Waals surface area contributed by atoms with Crippen molar-refractivity contribution in [2.75, 3.05) is 6.54 Å². The summed E-state index contributed by atoms with van der Waals surface area (Å²) in [5, 5.41) is 4.25. The predicted molar refractivity (Wildman–Crippen MR) is 79.5 cm³/mol. The lowest BCUT2D eigenvalue weighted by Gasteiger charge is -2.15. The molecule has 2 N–H and O–H groups in total. The molecule has 0 spiro atoms. The van der Waals surface area contributed by atoms with Crippen molar-refractivity contribution < 1.29 is 0 Å². The van der Waals surface area contributed by atoms with Crippen molar-refractivity contribution in [3.05, 3.63) is 61.2 Å². The van der Waals surface area contributed by atoms with Gasteiger partial charge in [-0.1, -0.05) is 29.3 Å². The van der Waals surface area contributed by atoms with Gasteiger partial charge in [0.2, 0.25) is 0 Å². The fourth-order valence-electron chi connectivity index (χ4n) is 2.35. The van der Waals surface area contributed by atoms with Crippen LogP contribution >= 0.6 is 23.2 Å². The van der Waals surface area contributed by atoms with Crippen LogP contribution in [0.1, 0.15) is 22.6 Å². The Labute approximate surface area is 126 Å². The zero-order chi connectivity index (χ0) is 14.1. The number of hydrogen-bond donors (Lipinski definition) is 2. The monoisotopic (exact) mass is 309 g/mol. The van der Waals surface area contributed by atoms with E-state index in [9.17, 15) is 4.79 Å². The average molecular weight is 310 g/mol. The normalized spacial score (nSPS) is 14.1. The van der Waals surface area contributed by atoms with E-state index < -0.39 is 0 Å². The number of nitrogens with zero attached hydrogens (tertiary/aromatic N) is 1. The standard InChI is InChI=1S/C14H13Cl2N3O/c15-10-2-1-8(5-11(10)16)6-13-18-12-7-17-4-3-9(12)14(20)19-13/h1-2,5,17H,3-4,6-7H2,(H,18,19,20). The topological polar surface area (TPSA) is 57.8 Å². The van der Waals surface area contributed by atoms with E-state index in [0.717, 1.165) is 29.8 Å². The van der Waals surface area contributed by atoms with Crippen molar-refractivity contribution in [3.63, 3.8) is 0 Å². The van der Waals surface area contributed by atoms with Crippen molar-refractivity contribution in [1.82, 2.24) is 15.3 Å². The SMILES string of the molecule is O=c1[nH]c(Cc2ccc(Cl)c(Cl)c2)nc2c1CCNC2. The summed E-state index contributed by atoms with van der Waals surface area (Å²) in [7, 11) is 0. The van der Waals surface area contributed by atoms with E-state index in [0.29, 0.717) is 28.8 Å². The molecule has 0 saturated heterocycles. The summed E-state index contributed by atoms with van der Waals surface area (Å²) in [6.07, 6.45) is 1.25. The Kier molecular flexibility index (Phi) is 3.78. The molecule has 0 fully saturated rings. The van der Waals surface area contributed by atoms with Crippen LogP contribution in [0.2, 0.25) is 10.0 Å². The molecule has 3 rings (SSSR count). The summed E-state index contributed by atoms with van der Waals surface area (Å²) < 4.78 is 0. The van der Waals surface area contributed by atoms with Crippen molar-refractivity contribution in [3.8, 4) is 0 Å². The lowest BCUT2D eigenvalue weighted by atomic mass is 10.1. The van der Waals surface area contributed by atoms with Crippen LogP contribution in [-0.4, -0.2) is 16.5 Å². The molecule has 1 aliphatic rings. The second-order valence-electron chi connectivity index (χ2n) is 4.79. The van der Waals surface area contributed by atoms with Crippen LogP contribution in [0.25, 0.3) is 0 Å². The van der Waals surface area contributed by atoms with E-state index in [1.165, 1.54) is 0 Å². The molecule has 4 nitrogen and oxygen atoms in total. The number of benzene rings is 1. The molecule has 1 aliphatic heterocycles. The molecule has 2 heterocycles. The van der Waals surface area contributed by atoms with E-state index >= 15 is 0 Å². The minimum absolute atomic E-state index is 0.0356. The molecule has 0 aliphatic carbocycles. The Morgan fingerprint density at radius 3 is 2.90 bits per heavy atom. The molecular weight excluding hydrogens is 297 g/mol. The fraction of sp³-hybridized carbons (Fsp3) is 0.286. The summed E-state index contributed by atoms with van der Waals surface area (Å²) in [5.74, 6) is 0.649. The molecule has 20 heavy (non-hydrogen) atoms. The Bertz CT molecular complexity index is 712. The number of fused-ring (bicyclic) bond motifs is 1. The van der Waals surface area contributed by atoms with Crippen LogP contribution in [0.5, 0.6) is 0 Å². The zero-order valence-electron chi connectivity index (χ0n) is 10.7. The van der Waals surface area contributed by atoms with Gasteiger partial charge in [0.05, 0.1) is 15.7 Å². The third-order valence-corrected chi connectivity index (χ3v) is 4.09. The Morgan fingerprint density at radius 2 is 2.10 bits per heavy atom. The van der Waals surface area contributed by atoms with Crippen molar-refractivity contribution in [1.29, 1.82) is 0 Å². The summed E-state index contributed by atoms with van der Waals surface area (Å²) in [4.78, 5) is 19.4. The largest absolute Gasteiger partial charge is 0.311 e. The van der Waals surface area contributed by atoms with E-state index in [1.807, 2.05) is 6.07 Å². The smallest absolute Gasteiger partial charge is 0.254 e. The minimum Gasteiger partial charge on any atom is -0.311 e. The number of aromatic nitrogens is 2. The van der Waals surface area contributed by atoms with Gasteiger partial charge in [0.15, 0.2) is 0 Å². The maximum Gasteiger partial charge on any atom is 0.254 e. The first-order chi connectivity index (χ1) is 9.63. The first-order valence-electron chi connectivity index (χ1n) is 6.39. The van der Waals surface area contributed by atoms with Crippen molar-refractivity contribution >= 4 is 23.2 Å². The Morgan fingerprint density at radius 1 is 1.25 bits per heavy atom. The molecule has 1 aromatic heterocycles. The van der Waals surface area contributed by atoms with Crippen molar-refractivity contribution in [2.24, 2.45) is 0 Å². The minimum atomic E-state index is -0.0356. The van der Waals surface area contributed by atoms with Gasteiger partial charge in [-0.2, -0.15) is 0 Å². The quantitative estimate of drug-likeness (QED) is 0.895. The third kappa shape index (κ3) is 2.73.